The van der Waals surface area contributed by atoms with E-state index in [1.54, 1.807) is 35.4 Å². The highest BCUT2D eigenvalue weighted by Crippen LogP contribution is 2.35. The van der Waals surface area contributed by atoms with E-state index in [0.717, 1.165) is 5.56 Å². The number of amides is 1. The molecule has 1 atom stereocenters. The summed E-state index contributed by atoms with van der Waals surface area (Å²) in [6.45, 7) is 4.13. The van der Waals surface area contributed by atoms with Crippen LogP contribution >= 0.6 is 0 Å². The second kappa shape index (κ2) is 7.61. The van der Waals surface area contributed by atoms with E-state index in [0.29, 0.717) is 55.2 Å². The van der Waals surface area contributed by atoms with Gasteiger partial charge in [-0.1, -0.05) is 0 Å². The standard InChI is InChI=1S/C21H23N5O3S/c1-15-12-18-13-16(5-6-19(18)26(15)30(2,28)29)21(27)25-10-8-24(9-11-25)20-17(14-22)4-3-7-23-20/h3-7,13,15H,8-12H2,1-2H3. The van der Waals surface area contributed by atoms with Gasteiger partial charge in [0.15, 0.2) is 0 Å². The Morgan fingerprint density at radius 3 is 2.60 bits per heavy atom. The third kappa shape index (κ3) is 3.59. The van der Waals surface area contributed by atoms with Crippen LogP contribution < -0.4 is 9.21 Å². The minimum absolute atomic E-state index is 0.0653. The first kappa shape index (κ1) is 20.2. The summed E-state index contributed by atoms with van der Waals surface area (Å²) < 4.78 is 25.6. The molecule has 1 amide bonds. The molecular formula is C21H23N5O3S. The van der Waals surface area contributed by atoms with Gasteiger partial charge in [0.1, 0.15) is 11.9 Å². The number of aromatic nitrogens is 1. The van der Waals surface area contributed by atoms with Crippen LogP contribution in [0.25, 0.3) is 0 Å². The van der Waals surface area contributed by atoms with Gasteiger partial charge in [-0.25, -0.2) is 13.4 Å². The van der Waals surface area contributed by atoms with Crippen LogP contribution in [0.1, 0.15) is 28.4 Å². The molecule has 2 aliphatic heterocycles. The van der Waals surface area contributed by atoms with Crippen molar-refractivity contribution in [2.75, 3.05) is 41.6 Å². The van der Waals surface area contributed by atoms with Crippen molar-refractivity contribution in [2.24, 2.45) is 0 Å². The summed E-state index contributed by atoms with van der Waals surface area (Å²) in [4.78, 5) is 21.2. The summed E-state index contributed by atoms with van der Waals surface area (Å²) in [7, 11) is -3.35. The second-order valence-electron chi connectivity index (χ2n) is 7.72. The maximum atomic E-state index is 13.0. The number of nitriles is 1. The number of rotatable bonds is 3. The number of sulfonamides is 1. The zero-order valence-corrected chi connectivity index (χ0v) is 17.8. The summed E-state index contributed by atoms with van der Waals surface area (Å²) in [6, 6.07) is 10.7. The number of benzene rings is 1. The molecule has 1 unspecified atom stereocenters. The van der Waals surface area contributed by atoms with E-state index in [-0.39, 0.29) is 11.9 Å². The molecule has 4 rings (SSSR count). The van der Waals surface area contributed by atoms with E-state index in [1.807, 2.05) is 17.9 Å². The lowest BCUT2D eigenvalue weighted by molar-refractivity contribution is 0.0746. The van der Waals surface area contributed by atoms with Gasteiger partial charge in [-0.15, -0.1) is 0 Å². The van der Waals surface area contributed by atoms with Gasteiger partial charge in [0.05, 0.1) is 17.5 Å². The molecule has 1 saturated heterocycles. The third-order valence-corrected chi connectivity index (χ3v) is 6.88. The number of fused-ring (bicyclic) bond motifs is 1. The van der Waals surface area contributed by atoms with Crippen molar-refractivity contribution in [2.45, 2.75) is 19.4 Å². The van der Waals surface area contributed by atoms with Crippen LogP contribution in [0.2, 0.25) is 0 Å². The van der Waals surface area contributed by atoms with Crippen LogP contribution in [0.3, 0.4) is 0 Å². The van der Waals surface area contributed by atoms with Gasteiger partial charge in [-0.3, -0.25) is 9.10 Å². The first-order valence-corrected chi connectivity index (χ1v) is 11.7. The number of piperazine rings is 1. The highest BCUT2D eigenvalue weighted by Gasteiger charge is 2.33. The van der Waals surface area contributed by atoms with Crippen LogP contribution in [-0.4, -0.2) is 62.7 Å². The Balaban J connectivity index is 1.48. The van der Waals surface area contributed by atoms with Crippen molar-refractivity contribution in [3.63, 3.8) is 0 Å². The second-order valence-corrected chi connectivity index (χ2v) is 9.58. The van der Waals surface area contributed by atoms with E-state index in [1.165, 1.54) is 10.6 Å². The number of hydrogen-bond donors (Lipinski definition) is 0. The average Bonchev–Trinajstić information content (AvgIpc) is 3.08. The SMILES string of the molecule is CC1Cc2cc(C(=O)N3CCN(c4ncccc4C#N)CC3)ccc2N1S(C)(=O)=O. The topological polar surface area (TPSA) is 97.6 Å². The highest BCUT2D eigenvalue weighted by molar-refractivity contribution is 7.92. The lowest BCUT2D eigenvalue weighted by atomic mass is 10.1. The minimum Gasteiger partial charge on any atom is -0.352 e. The average molecular weight is 426 g/mol. The Hall–Kier alpha value is -3.12. The number of carbonyl (C=O) groups is 1. The van der Waals surface area contributed by atoms with Gasteiger partial charge in [-0.05, 0) is 49.2 Å². The van der Waals surface area contributed by atoms with Gasteiger partial charge in [0.2, 0.25) is 10.0 Å². The van der Waals surface area contributed by atoms with Crippen LogP contribution in [-0.2, 0) is 16.4 Å². The van der Waals surface area contributed by atoms with Crippen molar-refractivity contribution < 1.29 is 13.2 Å². The molecule has 30 heavy (non-hydrogen) atoms. The smallest absolute Gasteiger partial charge is 0.253 e. The molecule has 0 spiro atoms. The molecule has 2 aliphatic rings. The summed E-state index contributed by atoms with van der Waals surface area (Å²) in [5.74, 6) is 0.587. The van der Waals surface area contributed by atoms with Gasteiger partial charge in [0.25, 0.3) is 5.91 Å². The fourth-order valence-electron chi connectivity index (χ4n) is 4.28. The molecule has 0 bridgehead atoms. The third-order valence-electron chi connectivity index (χ3n) is 5.61. The Morgan fingerprint density at radius 1 is 1.20 bits per heavy atom. The molecule has 1 aromatic carbocycles. The van der Waals surface area contributed by atoms with E-state index >= 15 is 0 Å². The predicted molar refractivity (Wildman–Crippen MR) is 114 cm³/mol. The van der Waals surface area contributed by atoms with E-state index in [2.05, 4.69) is 11.1 Å². The summed E-state index contributed by atoms with van der Waals surface area (Å²) in [6.07, 6.45) is 3.46. The lowest BCUT2D eigenvalue weighted by Gasteiger charge is -2.35. The van der Waals surface area contributed by atoms with Crippen LogP contribution in [0, 0.1) is 11.3 Å². The Kier molecular flexibility index (Phi) is 5.12. The van der Waals surface area contributed by atoms with Crippen LogP contribution in [0.5, 0.6) is 0 Å². The van der Waals surface area contributed by atoms with Crippen molar-refractivity contribution >= 4 is 27.4 Å². The molecule has 0 saturated carbocycles. The van der Waals surface area contributed by atoms with Gasteiger partial charge in [0, 0.05) is 44.0 Å². The first-order chi connectivity index (χ1) is 14.3. The van der Waals surface area contributed by atoms with Crippen LogP contribution in [0.15, 0.2) is 36.5 Å². The number of nitrogens with zero attached hydrogens (tertiary/aromatic N) is 5. The number of hydrogen-bond acceptors (Lipinski definition) is 6. The molecule has 0 N–H and O–H groups in total. The van der Waals surface area contributed by atoms with E-state index in [4.69, 9.17) is 0 Å². The van der Waals surface area contributed by atoms with Gasteiger partial charge < -0.3 is 9.80 Å². The molecule has 156 valence electrons. The largest absolute Gasteiger partial charge is 0.352 e. The van der Waals surface area contributed by atoms with Crippen LogP contribution in [0.4, 0.5) is 11.5 Å². The lowest BCUT2D eigenvalue weighted by Crippen LogP contribution is -2.49. The molecule has 0 aliphatic carbocycles. The van der Waals surface area contributed by atoms with Crippen molar-refractivity contribution in [3.05, 3.63) is 53.2 Å². The summed E-state index contributed by atoms with van der Waals surface area (Å²) >= 11 is 0. The fraction of sp³-hybridized carbons (Fsp3) is 0.381. The van der Waals surface area contributed by atoms with Crippen molar-refractivity contribution in [1.82, 2.24) is 9.88 Å². The molecule has 1 fully saturated rings. The monoisotopic (exact) mass is 425 g/mol. The summed E-state index contributed by atoms with van der Waals surface area (Å²) in [5.41, 5.74) is 2.64. The van der Waals surface area contributed by atoms with E-state index in [9.17, 15) is 18.5 Å². The number of pyridine rings is 1. The van der Waals surface area contributed by atoms with Gasteiger partial charge in [-0.2, -0.15) is 5.26 Å². The van der Waals surface area contributed by atoms with Crippen molar-refractivity contribution in [3.8, 4) is 6.07 Å². The minimum atomic E-state index is -3.35. The zero-order valence-electron chi connectivity index (χ0n) is 16.9. The van der Waals surface area contributed by atoms with Crippen molar-refractivity contribution in [1.29, 1.82) is 5.26 Å². The highest BCUT2D eigenvalue weighted by atomic mass is 32.2. The fourth-order valence-corrected chi connectivity index (χ4v) is 5.54. The maximum Gasteiger partial charge on any atom is 0.253 e. The predicted octanol–water partition coefficient (Wildman–Crippen LogP) is 1.63. The molecule has 1 aromatic heterocycles. The Labute approximate surface area is 176 Å². The summed E-state index contributed by atoms with van der Waals surface area (Å²) in [5, 5.41) is 9.28. The molecule has 3 heterocycles. The maximum absolute atomic E-state index is 13.0. The Morgan fingerprint density at radius 2 is 1.93 bits per heavy atom. The molecule has 9 heteroatoms. The quantitative estimate of drug-likeness (QED) is 0.741. The molecule has 2 aromatic rings. The van der Waals surface area contributed by atoms with Gasteiger partial charge >= 0.3 is 0 Å². The normalized spacial score (nSPS) is 18.8. The first-order valence-electron chi connectivity index (χ1n) is 9.81. The molecular weight excluding hydrogens is 402 g/mol. The Bertz CT molecular complexity index is 1130. The molecule has 8 nitrogen and oxygen atoms in total. The molecule has 0 radical (unpaired) electrons. The zero-order chi connectivity index (χ0) is 21.5. The van der Waals surface area contributed by atoms with E-state index < -0.39 is 10.0 Å². The number of anilines is 2. The number of carbonyl (C=O) groups excluding carboxylic acids is 1.